The van der Waals surface area contributed by atoms with Crippen LogP contribution in [0.15, 0.2) is 0 Å². The standard InChI is InChI=1S/C10H20N2O6S/c1-5(2)7(9(13)14)11-19(17,18)12-8(6(3)4)10(15)16/h5-8,11-12H,1-4H3,(H,13,14)(H,15,16)/t7-,8-/m0/s1. The summed E-state index contributed by atoms with van der Waals surface area (Å²) in [4.78, 5) is 21.8. The first kappa shape index (κ1) is 17.8. The van der Waals surface area contributed by atoms with Crippen molar-refractivity contribution in [2.45, 2.75) is 39.8 Å². The van der Waals surface area contributed by atoms with Crippen molar-refractivity contribution in [1.29, 1.82) is 0 Å². The van der Waals surface area contributed by atoms with Gasteiger partial charge in [-0.1, -0.05) is 27.7 Å². The summed E-state index contributed by atoms with van der Waals surface area (Å²) in [5, 5.41) is 17.8. The first-order valence-electron chi connectivity index (χ1n) is 5.73. The molecular weight excluding hydrogens is 276 g/mol. The molecule has 112 valence electrons. The monoisotopic (exact) mass is 296 g/mol. The molecule has 0 aromatic carbocycles. The van der Waals surface area contributed by atoms with E-state index < -0.39 is 46.1 Å². The Hall–Kier alpha value is -1.19. The minimum atomic E-state index is -4.22. The molecule has 0 aliphatic carbocycles. The fourth-order valence-electron chi connectivity index (χ4n) is 1.31. The van der Waals surface area contributed by atoms with Gasteiger partial charge < -0.3 is 10.2 Å². The summed E-state index contributed by atoms with van der Waals surface area (Å²) in [6.07, 6.45) is 0. The van der Waals surface area contributed by atoms with Crippen LogP contribution < -0.4 is 9.44 Å². The number of rotatable bonds is 8. The molecule has 19 heavy (non-hydrogen) atoms. The van der Waals surface area contributed by atoms with Gasteiger partial charge in [0.1, 0.15) is 12.1 Å². The Morgan fingerprint density at radius 2 is 1.11 bits per heavy atom. The molecule has 0 aliphatic rings. The highest BCUT2D eigenvalue weighted by atomic mass is 32.2. The fraction of sp³-hybridized carbons (Fsp3) is 0.800. The van der Waals surface area contributed by atoms with Crippen LogP contribution in [0.2, 0.25) is 0 Å². The molecule has 0 amide bonds. The van der Waals surface area contributed by atoms with Crippen LogP contribution in [-0.2, 0) is 19.8 Å². The summed E-state index contributed by atoms with van der Waals surface area (Å²) in [6, 6.07) is -2.64. The van der Waals surface area contributed by atoms with E-state index >= 15 is 0 Å². The number of carbonyl (C=O) groups is 2. The highest BCUT2D eigenvalue weighted by molar-refractivity contribution is 7.87. The first-order valence-corrected chi connectivity index (χ1v) is 7.21. The number of carboxylic acid groups (broad SMARTS) is 2. The lowest BCUT2D eigenvalue weighted by Gasteiger charge is -2.22. The molecule has 0 rings (SSSR count). The predicted octanol–water partition coefficient (Wildman–Crippen LogP) is -0.371. The van der Waals surface area contributed by atoms with E-state index in [1.54, 1.807) is 27.7 Å². The SMILES string of the molecule is CC(C)[C@H](NS(=O)(=O)N[C@H](C(=O)O)C(C)C)C(=O)O. The Balaban J connectivity index is 4.98. The highest BCUT2D eigenvalue weighted by Crippen LogP contribution is 2.06. The molecule has 8 nitrogen and oxygen atoms in total. The quantitative estimate of drug-likeness (QED) is 0.483. The van der Waals surface area contributed by atoms with E-state index in [9.17, 15) is 18.0 Å². The molecule has 0 spiro atoms. The van der Waals surface area contributed by atoms with Gasteiger partial charge in [-0.25, -0.2) is 0 Å². The summed E-state index contributed by atoms with van der Waals surface area (Å²) >= 11 is 0. The molecule has 0 saturated carbocycles. The van der Waals surface area contributed by atoms with Crippen molar-refractivity contribution in [2.24, 2.45) is 11.8 Å². The molecule has 0 bridgehead atoms. The summed E-state index contributed by atoms with van der Waals surface area (Å²) in [5.41, 5.74) is 0. The summed E-state index contributed by atoms with van der Waals surface area (Å²) in [7, 11) is -4.22. The Morgan fingerprint density at radius 3 is 1.26 bits per heavy atom. The van der Waals surface area contributed by atoms with E-state index in [0.29, 0.717) is 0 Å². The van der Waals surface area contributed by atoms with Crippen LogP contribution in [0, 0.1) is 11.8 Å². The van der Waals surface area contributed by atoms with Gasteiger partial charge in [0.25, 0.3) is 10.2 Å². The highest BCUT2D eigenvalue weighted by Gasteiger charge is 2.31. The molecule has 0 unspecified atom stereocenters. The zero-order chi connectivity index (χ0) is 15.4. The average Bonchev–Trinajstić information content (AvgIpc) is 2.21. The normalized spacial score (nSPS) is 15.5. The lowest BCUT2D eigenvalue weighted by molar-refractivity contribution is -0.140. The minimum absolute atomic E-state index is 0.476. The van der Waals surface area contributed by atoms with Gasteiger partial charge >= 0.3 is 11.9 Å². The number of aliphatic carboxylic acids is 2. The third-order valence-corrected chi connectivity index (χ3v) is 3.56. The van der Waals surface area contributed by atoms with E-state index in [2.05, 4.69) is 0 Å². The molecule has 0 fully saturated rings. The van der Waals surface area contributed by atoms with Crippen LogP contribution >= 0.6 is 0 Å². The number of hydrogen-bond acceptors (Lipinski definition) is 4. The molecule has 0 heterocycles. The molecule has 4 N–H and O–H groups in total. The van der Waals surface area contributed by atoms with Crippen molar-refractivity contribution in [3.05, 3.63) is 0 Å². The molecule has 0 aromatic rings. The second kappa shape index (κ2) is 6.83. The van der Waals surface area contributed by atoms with Gasteiger partial charge in [0, 0.05) is 0 Å². The van der Waals surface area contributed by atoms with Gasteiger partial charge in [-0.05, 0) is 11.8 Å². The zero-order valence-corrected chi connectivity index (χ0v) is 12.1. The number of hydrogen-bond donors (Lipinski definition) is 4. The van der Waals surface area contributed by atoms with Crippen molar-refractivity contribution in [2.75, 3.05) is 0 Å². The first-order chi connectivity index (χ1) is 8.48. The minimum Gasteiger partial charge on any atom is -0.480 e. The van der Waals surface area contributed by atoms with Crippen LogP contribution in [0.4, 0.5) is 0 Å². The molecule has 0 saturated heterocycles. The number of nitrogens with one attached hydrogen (secondary N) is 2. The maximum absolute atomic E-state index is 11.7. The van der Waals surface area contributed by atoms with Gasteiger partial charge in [-0.15, -0.1) is 0 Å². The molecule has 0 aromatic heterocycles. The molecular formula is C10H20N2O6S. The lowest BCUT2D eigenvalue weighted by atomic mass is 10.1. The van der Waals surface area contributed by atoms with Gasteiger partial charge in [0.05, 0.1) is 0 Å². The maximum atomic E-state index is 11.7. The average molecular weight is 296 g/mol. The Morgan fingerprint density at radius 1 is 0.842 bits per heavy atom. The van der Waals surface area contributed by atoms with Crippen molar-refractivity contribution < 1.29 is 28.2 Å². The topological polar surface area (TPSA) is 133 Å². The fourth-order valence-corrected chi connectivity index (χ4v) is 2.79. The van der Waals surface area contributed by atoms with Crippen molar-refractivity contribution in [3.8, 4) is 0 Å². The smallest absolute Gasteiger partial charge is 0.322 e. The van der Waals surface area contributed by atoms with Crippen LogP contribution in [0.5, 0.6) is 0 Å². The van der Waals surface area contributed by atoms with Gasteiger partial charge in [0.2, 0.25) is 0 Å². The van der Waals surface area contributed by atoms with E-state index in [4.69, 9.17) is 10.2 Å². The van der Waals surface area contributed by atoms with Crippen LogP contribution in [0.3, 0.4) is 0 Å². The molecule has 0 aliphatic heterocycles. The van der Waals surface area contributed by atoms with Crippen molar-refractivity contribution in [3.63, 3.8) is 0 Å². The van der Waals surface area contributed by atoms with Crippen LogP contribution in [0.1, 0.15) is 27.7 Å². The van der Waals surface area contributed by atoms with Gasteiger partial charge in [0.15, 0.2) is 0 Å². The maximum Gasteiger partial charge on any atom is 0.322 e. The van der Waals surface area contributed by atoms with E-state index in [-0.39, 0.29) is 0 Å². The van der Waals surface area contributed by atoms with E-state index in [0.717, 1.165) is 0 Å². The second-order valence-corrected chi connectivity index (χ2v) is 6.34. The van der Waals surface area contributed by atoms with Crippen molar-refractivity contribution >= 4 is 22.1 Å². The van der Waals surface area contributed by atoms with Gasteiger partial charge in [-0.2, -0.15) is 17.9 Å². The zero-order valence-electron chi connectivity index (χ0n) is 11.2. The third-order valence-electron chi connectivity index (χ3n) is 2.43. The summed E-state index contributed by atoms with van der Waals surface area (Å²) in [5.74, 6) is -3.60. The van der Waals surface area contributed by atoms with E-state index in [1.165, 1.54) is 0 Å². The molecule has 0 radical (unpaired) electrons. The molecule has 9 heteroatoms. The molecule has 2 atom stereocenters. The Labute approximate surface area is 112 Å². The largest absolute Gasteiger partial charge is 0.480 e. The number of carboxylic acids is 2. The Bertz CT molecular complexity index is 397. The summed E-state index contributed by atoms with van der Waals surface area (Å²) < 4.78 is 27.3. The van der Waals surface area contributed by atoms with Crippen LogP contribution in [0.25, 0.3) is 0 Å². The predicted molar refractivity (Wildman–Crippen MR) is 67.7 cm³/mol. The van der Waals surface area contributed by atoms with Crippen molar-refractivity contribution in [1.82, 2.24) is 9.44 Å². The summed E-state index contributed by atoms with van der Waals surface area (Å²) in [6.45, 7) is 6.16. The Kier molecular flexibility index (Phi) is 6.40. The third kappa shape index (κ3) is 5.99. The van der Waals surface area contributed by atoms with Crippen LogP contribution in [-0.4, -0.2) is 42.7 Å². The lowest BCUT2D eigenvalue weighted by Crippen LogP contribution is -2.54. The van der Waals surface area contributed by atoms with E-state index in [1.807, 2.05) is 9.44 Å². The second-order valence-electron chi connectivity index (χ2n) is 4.86. The van der Waals surface area contributed by atoms with Gasteiger partial charge in [-0.3, -0.25) is 9.59 Å².